The minimum absolute atomic E-state index is 0.186. The average Bonchev–Trinajstić information content (AvgIpc) is 2.37. The summed E-state index contributed by atoms with van der Waals surface area (Å²) in [5.74, 6) is 3.31. The Morgan fingerprint density at radius 1 is 1.21 bits per heavy atom. The van der Waals surface area contributed by atoms with Crippen LogP contribution in [0, 0.1) is 18.3 Å². The van der Waals surface area contributed by atoms with Gasteiger partial charge in [-0.25, -0.2) is 13.2 Å². The number of terminal acetylenes is 1. The van der Waals surface area contributed by atoms with Crippen molar-refractivity contribution >= 4 is 15.9 Å². The molecule has 1 aliphatic rings. The highest BCUT2D eigenvalue weighted by molar-refractivity contribution is 7.91. The van der Waals surface area contributed by atoms with Crippen LogP contribution in [0.3, 0.4) is 0 Å². The molecule has 0 radical (unpaired) electrons. The summed E-state index contributed by atoms with van der Waals surface area (Å²) >= 11 is 0. The standard InChI is InChI=1S/C13H22N2O3S/c1-2-3-4-5-8-14-13(16)15-11-12-6-9-19(17,18)10-7-12/h1,12H,3-11H2,(H2,14,15,16). The van der Waals surface area contributed by atoms with Crippen molar-refractivity contribution < 1.29 is 13.2 Å². The van der Waals surface area contributed by atoms with Gasteiger partial charge in [0, 0.05) is 19.5 Å². The molecule has 6 heteroatoms. The molecule has 1 fully saturated rings. The fourth-order valence-electron chi connectivity index (χ4n) is 2.00. The topological polar surface area (TPSA) is 75.3 Å². The molecular weight excluding hydrogens is 264 g/mol. The Bertz CT molecular complexity index is 412. The lowest BCUT2D eigenvalue weighted by Crippen LogP contribution is -2.40. The number of carbonyl (C=O) groups is 1. The van der Waals surface area contributed by atoms with Gasteiger partial charge in [-0.1, -0.05) is 0 Å². The van der Waals surface area contributed by atoms with Crippen LogP contribution < -0.4 is 10.6 Å². The molecule has 19 heavy (non-hydrogen) atoms. The number of urea groups is 1. The lowest BCUT2D eigenvalue weighted by molar-refractivity contribution is 0.238. The number of sulfone groups is 1. The summed E-state index contributed by atoms with van der Waals surface area (Å²) in [6, 6.07) is -0.186. The number of amides is 2. The third kappa shape index (κ3) is 7.06. The van der Waals surface area contributed by atoms with Crippen molar-refractivity contribution in [1.82, 2.24) is 10.6 Å². The third-order valence-electron chi connectivity index (χ3n) is 3.26. The molecule has 0 bridgehead atoms. The molecule has 0 unspecified atom stereocenters. The molecule has 1 aliphatic heterocycles. The van der Waals surface area contributed by atoms with Gasteiger partial charge in [-0.3, -0.25) is 0 Å². The average molecular weight is 286 g/mol. The van der Waals surface area contributed by atoms with Crippen LogP contribution in [0.15, 0.2) is 0 Å². The van der Waals surface area contributed by atoms with E-state index in [-0.39, 0.29) is 23.5 Å². The summed E-state index contributed by atoms with van der Waals surface area (Å²) in [7, 11) is -2.82. The van der Waals surface area contributed by atoms with Crippen LogP contribution in [0.25, 0.3) is 0 Å². The predicted octanol–water partition coefficient (Wildman–Crippen LogP) is 0.914. The first-order chi connectivity index (χ1) is 9.03. The summed E-state index contributed by atoms with van der Waals surface area (Å²) in [6.45, 7) is 1.16. The maximum absolute atomic E-state index is 11.5. The zero-order valence-corrected chi connectivity index (χ0v) is 12.0. The van der Waals surface area contributed by atoms with Crippen LogP contribution in [0.1, 0.15) is 32.1 Å². The molecule has 1 rings (SSSR count). The first kappa shape index (κ1) is 15.8. The second kappa shape index (κ2) is 8.05. The van der Waals surface area contributed by atoms with Crippen molar-refractivity contribution in [3.8, 4) is 12.3 Å². The molecular formula is C13H22N2O3S. The van der Waals surface area contributed by atoms with Crippen LogP contribution >= 0.6 is 0 Å². The largest absolute Gasteiger partial charge is 0.338 e. The maximum Gasteiger partial charge on any atom is 0.314 e. The molecule has 0 spiro atoms. The predicted molar refractivity (Wildman–Crippen MR) is 75.5 cm³/mol. The fraction of sp³-hybridized carbons (Fsp3) is 0.769. The Kier molecular flexibility index (Phi) is 6.71. The van der Waals surface area contributed by atoms with Crippen molar-refractivity contribution in [1.29, 1.82) is 0 Å². The number of rotatable bonds is 6. The van der Waals surface area contributed by atoms with E-state index in [0.29, 0.717) is 25.9 Å². The van der Waals surface area contributed by atoms with E-state index in [2.05, 4.69) is 16.6 Å². The lowest BCUT2D eigenvalue weighted by atomic mass is 10.0. The SMILES string of the molecule is C#CCCCCNC(=O)NCC1CCS(=O)(=O)CC1. The smallest absolute Gasteiger partial charge is 0.314 e. The van der Waals surface area contributed by atoms with Crippen LogP contribution in [0.4, 0.5) is 4.79 Å². The van der Waals surface area contributed by atoms with Gasteiger partial charge in [-0.2, -0.15) is 0 Å². The Balaban J connectivity index is 2.06. The molecule has 108 valence electrons. The van der Waals surface area contributed by atoms with Crippen LogP contribution in [0.2, 0.25) is 0 Å². The van der Waals surface area contributed by atoms with Crippen LogP contribution in [-0.2, 0) is 9.84 Å². The van der Waals surface area contributed by atoms with Crippen molar-refractivity contribution in [2.24, 2.45) is 5.92 Å². The van der Waals surface area contributed by atoms with Gasteiger partial charge in [0.15, 0.2) is 0 Å². The molecule has 0 aromatic rings. The number of hydrogen-bond acceptors (Lipinski definition) is 3. The first-order valence-electron chi connectivity index (χ1n) is 6.69. The quantitative estimate of drug-likeness (QED) is 0.563. The summed E-state index contributed by atoms with van der Waals surface area (Å²) in [5, 5.41) is 5.55. The van der Waals surface area contributed by atoms with Crippen molar-refractivity contribution in [3.05, 3.63) is 0 Å². The minimum atomic E-state index is -2.82. The highest BCUT2D eigenvalue weighted by Crippen LogP contribution is 2.17. The normalized spacial score (nSPS) is 18.5. The van der Waals surface area contributed by atoms with Crippen molar-refractivity contribution in [2.45, 2.75) is 32.1 Å². The summed E-state index contributed by atoms with van der Waals surface area (Å²) in [6.07, 6.45) is 8.94. The highest BCUT2D eigenvalue weighted by Gasteiger charge is 2.23. The van der Waals surface area contributed by atoms with E-state index in [9.17, 15) is 13.2 Å². The lowest BCUT2D eigenvalue weighted by Gasteiger charge is -2.22. The molecule has 0 atom stereocenters. The Hall–Kier alpha value is -1.22. The number of hydrogen-bond donors (Lipinski definition) is 2. The Morgan fingerprint density at radius 2 is 1.89 bits per heavy atom. The van der Waals surface area contributed by atoms with E-state index < -0.39 is 9.84 Å². The van der Waals surface area contributed by atoms with Crippen LogP contribution in [-0.4, -0.2) is 39.0 Å². The molecule has 2 amide bonds. The summed E-state index contributed by atoms with van der Waals surface area (Å²) < 4.78 is 22.5. The van der Waals surface area contributed by atoms with E-state index in [1.54, 1.807) is 0 Å². The molecule has 0 saturated carbocycles. The van der Waals surface area contributed by atoms with E-state index in [0.717, 1.165) is 19.3 Å². The van der Waals surface area contributed by atoms with E-state index in [1.807, 2.05) is 0 Å². The Morgan fingerprint density at radius 3 is 2.53 bits per heavy atom. The zero-order valence-electron chi connectivity index (χ0n) is 11.2. The zero-order chi connectivity index (χ0) is 14.1. The summed E-state index contributed by atoms with van der Waals surface area (Å²) in [4.78, 5) is 11.5. The second-order valence-electron chi connectivity index (χ2n) is 4.89. The Labute approximate surface area is 115 Å². The minimum Gasteiger partial charge on any atom is -0.338 e. The molecule has 1 heterocycles. The molecule has 0 aromatic carbocycles. The van der Waals surface area contributed by atoms with E-state index in [4.69, 9.17) is 6.42 Å². The van der Waals surface area contributed by atoms with Crippen molar-refractivity contribution in [2.75, 3.05) is 24.6 Å². The highest BCUT2D eigenvalue weighted by atomic mass is 32.2. The monoisotopic (exact) mass is 286 g/mol. The number of unbranched alkanes of at least 4 members (excludes halogenated alkanes) is 2. The van der Waals surface area contributed by atoms with Gasteiger partial charge in [0.25, 0.3) is 0 Å². The number of carbonyl (C=O) groups excluding carboxylic acids is 1. The van der Waals surface area contributed by atoms with Gasteiger partial charge in [-0.15, -0.1) is 12.3 Å². The molecule has 5 nitrogen and oxygen atoms in total. The molecule has 0 aliphatic carbocycles. The van der Waals surface area contributed by atoms with Gasteiger partial charge in [-0.05, 0) is 31.6 Å². The van der Waals surface area contributed by atoms with Gasteiger partial charge >= 0.3 is 6.03 Å². The van der Waals surface area contributed by atoms with Gasteiger partial charge < -0.3 is 10.6 Å². The van der Waals surface area contributed by atoms with Gasteiger partial charge in [0.1, 0.15) is 9.84 Å². The van der Waals surface area contributed by atoms with Gasteiger partial charge in [0.05, 0.1) is 11.5 Å². The van der Waals surface area contributed by atoms with E-state index >= 15 is 0 Å². The van der Waals surface area contributed by atoms with Gasteiger partial charge in [0.2, 0.25) is 0 Å². The van der Waals surface area contributed by atoms with Crippen molar-refractivity contribution in [3.63, 3.8) is 0 Å². The van der Waals surface area contributed by atoms with E-state index in [1.165, 1.54) is 0 Å². The third-order valence-corrected chi connectivity index (χ3v) is 4.97. The second-order valence-corrected chi connectivity index (χ2v) is 7.20. The van der Waals surface area contributed by atoms with Crippen LogP contribution in [0.5, 0.6) is 0 Å². The summed E-state index contributed by atoms with van der Waals surface area (Å²) in [5.41, 5.74) is 0. The number of nitrogens with one attached hydrogen (secondary N) is 2. The molecule has 1 saturated heterocycles. The molecule has 0 aromatic heterocycles. The fourth-order valence-corrected chi connectivity index (χ4v) is 3.59. The maximum atomic E-state index is 11.5. The molecule has 2 N–H and O–H groups in total. The first-order valence-corrected chi connectivity index (χ1v) is 8.51.